The summed E-state index contributed by atoms with van der Waals surface area (Å²) >= 11 is -0.438. The fourth-order valence-corrected chi connectivity index (χ4v) is 3.78. The van der Waals surface area contributed by atoms with E-state index < -0.39 is 20.9 Å². The summed E-state index contributed by atoms with van der Waals surface area (Å²) < 4.78 is 3.53. The first kappa shape index (κ1) is 13.9. The van der Waals surface area contributed by atoms with Gasteiger partial charge in [0.2, 0.25) is 0 Å². The number of hydrogen-bond donors (Lipinski definition) is 1. The summed E-state index contributed by atoms with van der Waals surface area (Å²) in [7, 11) is 0. The Hall–Kier alpha value is -1.56. The third-order valence-corrected chi connectivity index (χ3v) is 5.01. The van der Waals surface area contributed by atoms with Gasteiger partial charge in [-0.25, -0.2) is 0 Å². The van der Waals surface area contributed by atoms with E-state index in [4.69, 9.17) is 0 Å². The van der Waals surface area contributed by atoms with Crippen LogP contribution in [0, 0.1) is 0 Å². The molecule has 1 N–H and O–H groups in total. The standard InChI is InChI=1S/C16H15NOTe/c1-13(18)17-16(14-8-4-2-5-9-14)12-19-15-10-6-3-7-11-15/h2-12H,1H3,(H,17,18)/b16-12+. The zero-order valence-corrected chi connectivity index (χ0v) is 13.0. The summed E-state index contributed by atoms with van der Waals surface area (Å²) in [6, 6.07) is 20.4. The first-order chi connectivity index (χ1) is 9.25. The van der Waals surface area contributed by atoms with Crippen molar-refractivity contribution < 1.29 is 4.79 Å². The molecule has 0 bridgehead atoms. The average molecular weight is 365 g/mol. The van der Waals surface area contributed by atoms with Crippen LogP contribution in [-0.2, 0) is 4.79 Å². The molecule has 19 heavy (non-hydrogen) atoms. The van der Waals surface area contributed by atoms with E-state index in [0.29, 0.717) is 0 Å². The Morgan fingerprint density at radius 1 is 1.00 bits per heavy atom. The monoisotopic (exact) mass is 367 g/mol. The Bertz CT molecular complexity index is 564. The molecule has 0 aliphatic carbocycles. The molecule has 2 aromatic carbocycles. The molecular formula is C16H15NOTe. The van der Waals surface area contributed by atoms with Gasteiger partial charge in [-0.2, -0.15) is 0 Å². The SMILES string of the molecule is CC(=O)N/C(=C/[Te]c1ccccc1)c1ccccc1. The van der Waals surface area contributed by atoms with Crippen molar-refractivity contribution in [1.29, 1.82) is 0 Å². The van der Waals surface area contributed by atoms with Gasteiger partial charge in [0.1, 0.15) is 0 Å². The van der Waals surface area contributed by atoms with E-state index in [1.807, 2.05) is 36.4 Å². The second-order valence-electron chi connectivity index (χ2n) is 4.01. The first-order valence-corrected chi connectivity index (χ1v) is 8.51. The molecule has 0 aliphatic rings. The van der Waals surface area contributed by atoms with E-state index in [-0.39, 0.29) is 5.91 Å². The van der Waals surface area contributed by atoms with E-state index in [2.05, 4.69) is 33.7 Å². The Balaban J connectivity index is 2.20. The van der Waals surface area contributed by atoms with Crippen molar-refractivity contribution in [3.8, 4) is 0 Å². The van der Waals surface area contributed by atoms with Crippen LogP contribution in [0.15, 0.2) is 64.8 Å². The predicted molar refractivity (Wildman–Crippen MR) is 80.1 cm³/mol. The molecule has 0 fully saturated rings. The Kier molecular flexibility index (Phi) is 5.20. The zero-order valence-electron chi connectivity index (χ0n) is 10.7. The fourth-order valence-electron chi connectivity index (χ4n) is 1.60. The molecule has 0 unspecified atom stereocenters. The maximum atomic E-state index is 11.3. The average Bonchev–Trinajstić information content (AvgIpc) is 2.45. The van der Waals surface area contributed by atoms with Gasteiger partial charge in [-0.15, -0.1) is 0 Å². The number of rotatable bonds is 4. The Labute approximate surface area is 123 Å². The molecule has 2 nitrogen and oxygen atoms in total. The van der Waals surface area contributed by atoms with Crippen molar-refractivity contribution in [2.75, 3.05) is 0 Å². The van der Waals surface area contributed by atoms with Crippen molar-refractivity contribution >= 4 is 36.1 Å². The summed E-state index contributed by atoms with van der Waals surface area (Å²) in [6.45, 7) is 1.54. The molecule has 0 spiro atoms. The van der Waals surface area contributed by atoms with Crippen LogP contribution >= 0.6 is 0 Å². The van der Waals surface area contributed by atoms with Crippen molar-refractivity contribution in [2.45, 2.75) is 6.92 Å². The second-order valence-corrected chi connectivity index (χ2v) is 6.70. The van der Waals surface area contributed by atoms with Gasteiger partial charge in [-0.1, -0.05) is 0 Å². The molecule has 0 aromatic heterocycles. The summed E-state index contributed by atoms with van der Waals surface area (Å²) in [6.07, 6.45) is 0. The van der Waals surface area contributed by atoms with E-state index in [1.54, 1.807) is 6.92 Å². The number of benzene rings is 2. The Morgan fingerprint density at radius 2 is 1.58 bits per heavy atom. The van der Waals surface area contributed by atoms with Crippen molar-refractivity contribution in [3.63, 3.8) is 0 Å². The normalized spacial score (nSPS) is 11.1. The third kappa shape index (κ3) is 4.55. The predicted octanol–water partition coefficient (Wildman–Crippen LogP) is 2.15. The van der Waals surface area contributed by atoms with Crippen LogP contribution in [0.5, 0.6) is 0 Å². The number of hydrogen-bond acceptors (Lipinski definition) is 1. The van der Waals surface area contributed by atoms with Gasteiger partial charge in [0.25, 0.3) is 0 Å². The first-order valence-electron chi connectivity index (χ1n) is 6.00. The van der Waals surface area contributed by atoms with Crippen molar-refractivity contribution in [3.05, 3.63) is 70.4 Å². The van der Waals surface area contributed by atoms with E-state index in [0.717, 1.165) is 11.3 Å². The minimum atomic E-state index is -0.438. The molecule has 0 atom stereocenters. The molecule has 2 aromatic rings. The van der Waals surface area contributed by atoms with Crippen molar-refractivity contribution in [1.82, 2.24) is 5.32 Å². The van der Waals surface area contributed by atoms with Gasteiger partial charge < -0.3 is 0 Å². The number of carbonyl (C=O) groups excluding carboxylic acids is 1. The molecule has 2 rings (SSSR count). The van der Waals surface area contributed by atoms with Crippen LogP contribution in [0.1, 0.15) is 12.5 Å². The van der Waals surface area contributed by atoms with Crippen LogP contribution in [0.2, 0.25) is 0 Å². The molecule has 0 saturated heterocycles. The van der Waals surface area contributed by atoms with E-state index in [1.165, 1.54) is 3.61 Å². The number of nitrogens with one attached hydrogen (secondary N) is 1. The van der Waals surface area contributed by atoms with Gasteiger partial charge in [-0.3, -0.25) is 0 Å². The molecule has 0 heterocycles. The quantitative estimate of drug-likeness (QED) is 0.827. The fraction of sp³-hybridized carbons (Fsp3) is 0.0625. The molecular weight excluding hydrogens is 350 g/mol. The van der Waals surface area contributed by atoms with Gasteiger partial charge in [0.05, 0.1) is 0 Å². The maximum absolute atomic E-state index is 11.3. The molecule has 3 heteroatoms. The summed E-state index contributed by atoms with van der Waals surface area (Å²) in [5, 5.41) is 2.92. The molecule has 0 radical (unpaired) electrons. The third-order valence-electron chi connectivity index (χ3n) is 2.45. The summed E-state index contributed by atoms with van der Waals surface area (Å²) in [5.41, 5.74) is 1.97. The van der Waals surface area contributed by atoms with Crippen LogP contribution in [0.25, 0.3) is 5.70 Å². The molecule has 96 valence electrons. The number of carbonyl (C=O) groups is 1. The molecule has 0 saturated carbocycles. The van der Waals surface area contributed by atoms with Gasteiger partial charge in [-0.05, 0) is 0 Å². The van der Waals surface area contributed by atoms with Crippen LogP contribution < -0.4 is 8.93 Å². The van der Waals surface area contributed by atoms with Crippen LogP contribution in [-0.4, -0.2) is 26.8 Å². The second kappa shape index (κ2) is 7.13. The van der Waals surface area contributed by atoms with Gasteiger partial charge >= 0.3 is 124 Å². The zero-order chi connectivity index (χ0) is 13.5. The van der Waals surface area contributed by atoms with E-state index >= 15 is 0 Å². The topological polar surface area (TPSA) is 29.1 Å². The minimum absolute atomic E-state index is 0.0318. The van der Waals surface area contributed by atoms with Crippen LogP contribution in [0.4, 0.5) is 0 Å². The summed E-state index contributed by atoms with van der Waals surface area (Å²) in [4.78, 5) is 11.3. The van der Waals surface area contributed by atoms with Crippen LogP contribution in [0.3, 0.4) is 0 Å². The molecule has 0 aliphatic heterocycles. The Morgan fingerprint density at radius 3 is 2.16 bits per heavy atom. The summed E-state index contributed by atoms with van der Waals surface area (Å²) in [5.74, 6) is -0.0318. The van der Waals surface area contributed by atoms with Crippen molar-refractivity contribution in [2.24, 2.45) is 0 Å². The van der Waals surface area contributed by atoms with Gasteiger partial charge in [0, 0.05) is 0 Å². The van der Waals surface area contributed by atoms with E-state index in [9.17, 15) is 4.79 Å². The number of amides is 1. The van der Waals surface area contributed by atoms with Gasteiger partial charge in [0.15, 0.2) is 0 Å². The molecule has 1 amide bonds.